The summed E-state index contributed by atoms with van der Waals surface area (Å²) < 4.78 is 1.09. The van der Waals surface area contributed by atoms with Crippen LogP contribution in [-0.4, -0.2) is 40.6 Å². The highest BCUT2D eigenvalue weighted by Crippen LogP contribution is 2.22. The van der Waals surface area contributed by atoms with E-state index >= 15 is 0 Å². The lowest BCUT2D eigenvalue weighted by Gasteiger charge is -2.23. The highest BCUT2D eigenvalue weighted by Gasteiger charge is 2.20. The maximum absolute atomic E-state index is 12.1. The van der Waals surface area contributed by atoms with Crippen LogP contribution in [0.4, 0.5) is 0 Å². The summed E-state index contributed by atoms with van der Waals surface area (Å²) in [4.78, 5) is 28.7. The molecule has 146 valence electrons. The number of carbonyl (C=O) groups is 2. The third kappa shape index (κ3) is 4.75. The Labute approximate surface area is 172 Å². The average Bonchev–Trinajstić information content (AvgIpc) is 3.17. The van der Waals surface area contributed by atoms with Crippen molar-refractivity contribution in [3.05, 3.63) is 71.2 Å². The molecule has 2 amide bonds. The molecule has 29 heavy (non-hydrogen) atoms. The molecule has 2 heterocycles. The lowest BCUT2D eigenvalue weighted by molar-refractivity contribution is -0.132. The van der Waals surface area contributed by atoms with Gasteiger partial charge in [0.15, 0.2) is 0 Å². The fourth-order valence-corrected chi connectivity index (χ4v) is 3.94. The van der Waals surface area contributed by atoms with Gasteiger partial charge in [0.2, 0.25) is 11.8 Å². The lowest BCUT2D eigenvalue weighted by atomic mass is 10.0. The van der Waals surface area contributed by atoms with E-state index in [1.807, 2.05) is 54.6 Å². The summed E-state index contributed by atoms with van der Waals surface area (Å²) in [7, 11) is 0. The minimum Gasteiger partial charge on any atom is -0.351 e. The first-order valence-electron chi connectivity index (χ1n) is 9.44. The van der Waals surface area contributed by atoms with Crippen molar-refractivity contribution in [1.82, 2.24) is 15.3 Å². The molecule has 6 nitrogen and oxygen atoms in total. The van der Waals surface area contributed by atoms with E-state index in [1.165, 1.54) is 22.4 Å². The minimum absolute atomic E-state index is 0.0241. The molecule has 0 radical (unpaired) electrons. The molecular weight excluding hydrogens is 384 g/mol. The number of benzene rings is 2. The van der Waals surface area contributed by atoms with Crippen LogP contribution in [0.3, 0.4) is 0 Å². The summed E-state index contributed by atoms with van der Waals surface area (Å²) in [5.41, 5.74) is 2.84. The standard InChI is InChI=1S/C22H20N4O2S/c27-20(11-12-21-24-18-8-4-5-9-19(18)29-21)23-14-15-26-22(28)13-10-17(25-26)16-6-2-1-3-7-16/h1-9,11-12H,10,13-15H2,(H,23,27)/b12-11+. The third-order valence-corrected chi connectivity index (χ3v) is 5.52. The lowest BCUT2D eigenvalue weighted by Crippen LogP contribution is -2.38. The number of carbonyl (C=O) groups excluding carboxylic acids is 2. The Morgan fingerprint density at radius 2 is 1.90 bits per heavy atom. The molecule has 0 saturated heterocycles. The maximum Gasteiger partial charge on any atom is 0.244 e. The van der Waals surface area contributed by atoms with Gasteiger partial charge < -0.3 is 5.32 Å². The van der Waals surface area contributed by atoms with Crippen LogP contribution >= 0.6 is 11.3 Å². The number of para-hydroxylation sites is 1. The fraction of sp³-hybridized carbons (Fsp3) is 0.182. The molecule has 7 heteroatoms. The van der Waals surface area contributed by atoms with Crippen molar-refractivity contribution >= 4 is 45.2 Å². The second-order valence-corrected chi connectivity index (χ2v) is 7.64. The largest absolute Gasteiger partial charge is 0.351 e. The van der Waals surface area contributed by atoms with E-state index in [0.717, 1.165) is 26.5 Å². The number of nitrogens with one attached hydrogen (secondary N) is 1. The Morgan fingerprint density at radius 3 is 2.72 bits per heavy atom. The van der Waals surface area contributed by atoms with E-state index in [0.29, 0.717) is 25.9 Å². The first-order chi connectivity index (χ1) is 14.2. The molecule has 2 aromatic carbocycles. The average molecular weight is 404 g/mol. The van der Waals surface area contributed by atoms with E-state index in [9.17, 15) is 9.59 Å². The van der Waals surface area contributed by atoms with Crippen LogP contribution in [-0.2, 0) is 9.59 Å². The van der Waals surface area contributed by atoms with Gasteiger partial charge >= 0.3 is 0 Å². The predicted molar refractivity (Wildman–Crippen MR) is 116 cm³/mol. The molecule has 1 aliphatic heterocycles. The molecular formula is C22H20N4O2S. The summed E-state index contributed by atoms with van der Waals surface area (Å²) >= 11 is 1.54. The van der Waals surface area contributed by atoms with E-state index < -0.39 is 0 Å². The first kappa shape index (κ1) is 19.0. The molecule has 1 aromatic heterocycles. The summed E-state index contributed by atoms with van der Waals surface area (Å²) in [6, 6.07) is 17.7. The Bertz CT molecular complexity index is 1060. The Balaban J connectivity index is 1.31. The van der Waals surface area contributed by atoms with Crippen molar-refractivity contribution in [2.24, 2.45) is 5.10 Å². The fourth-order valence-electron chi connectivity index (χ4n) is 3.07. The van der Waals surface area contributed by atoms with Gasteiger partial charge in [0, 0.05) is 25.5 Å². The van der Waals surface area contributed by atoms with Gasteiger partial charge in [-0.2, -0.15) is 5.10 Å². The van der Waals surface area contributed by atoms with E-state index in [1.54, 1.807) is 6.08 Å². The molecule has 0 aliphatic carbocycles. The van der Waals surface area contributed by atoms with Crippen molar-refractivity contribution in [2.45, 2.75) is 12.8 Å². The van der Waals surface area contributed by atoms with Gasteiger partial charge in [-0.3, -0.25) is 9.59 Å². The summed E-state index contributed by atoms with van der Waals surface area (Å²) in [6.07, 6.45) is 4.24. The summed E-state index contributed by atoms with van der Waals surface area (Å²) in [5, 5.41) is 9.50. The molecule has 4 rings (SSSR count). The van der Waals surface area contributed by atoms with Gasteiger partial charge in [-0.1, -0.05) is 42.5 Å². The Kier molecular flexibility index (Phi) is 5.76. The van der Waals surface area contributed by atoms with Crippen molar-refractivity contribution in [1.29, 1.82) is 0 Å². The van der Waals surface area contributed by atoms with Gasteiger partial charge in [-0.05, 0) is 23.8 Å². The highest BCUT2D eigenvalue weighted by atomic mass is 32.1. The van der Waals surface area contributed by atoms with Crippen LogP contribution in [0.5, 0.6) is 0 Å². The number of hydrazone groups is 1. The van der Waals surface area contributed by atoms with Crippen molar-refractivity contribution in [3.8, 4) is 0 Å². The van der Waals surface area contributed by atoms with Gasteiger partial charge in [0.05, 0.1) is 22.5 Å². The molecule has 0 saturated carbocycles. The maximum atomic E-state index is 12.1. The zero-order valence-electron chi connectivity index (χ0n) is 15.7. The summed E-state index contributed by atoms with van der Waals surface area (Å²) in [6.45, 7) is 0.677. The van der Waals surface area contributed by atoms with E-state index in [4.69, 9.17) is 0 Å². The number of fused-ring (bicyclic) bond motifs is 1. The van der Waals surface area contributed by atoms with Crippen molar-refractivity contribution in [3.63, 3.8) is 0 Å². The van der Waals surface area contributed by atoms with Crippen LogP contribution < -0.4 is 5.32 Å². The summed E-state index contributed by atoms with van der Waals surface area (Å²) in [5.74, 6) is -0.245. The number of hydrogen-bond donors (Lipinski definition) is 1. The SMILES string of the molecule is O=C(/C=C/c1nc2ccccc2s1)NCCN1N=C(c2ccccc2)CCC1=O. The Hall–Kier alpha value is -3.32. The van der Waals surface area contributed by atoms with Crippen LogP contribution in [0.15, 0.2) is 65.8 Å². The Morgan fingerprint density at radius 1 is 1.10 bits per heavy atom. The third-order valence-electron chi connectivity index (χ3n) is 4.52. The molecule has 0 bridgehead atoms. The zero-order chi connectivity index (χ0) is 20.1. The number of nitrogens with zero attached hydrogens (tertiary/aromatic N) is 3. The number of amides is 2. The molecule has 0 atom stereocenters. The van der Waals surface area contributed by atoms with Crippen LogP contribution in [0.25, 0.3) is 16.3 Å². The molecule has 0 unspecified atom stereocenters. The molecule has 1 N–H and O–H groups in total. The topological polar surface area (TPSA) is 74.7 Å². The van der Waals surface area contributed by atoms with Crippen LogP contribution in [0.1, 0.15) is 23.4 Å². The number of rotatable bonds is 6. The second-order valence-electron chi connectivity index (χ2n) is 6.57. The van der Waals surface area contributed by atoms with Gasteiger partial charge in [-0.15, -0.1) is 11.3 Å². The van der Waals surface area contributed by atoms with Crippen LogP contribution in [0, 0.1) is 0 Å². The highest BCUT2D eigenvalue weighted by molar-refractivity contribution is 7.19. The molecule has 1 aliphatic rings. The van der Waals surface area contributed by atoms with Gasteiger partial charge in [-0.25, -0.2) is 9.99 Å². The molecule has 0 spiro atoms. The normalized spacial score (nSPS) is 14.4. The van der Waals surface area contributed by atoms with Gasteiger partial charge in [0.25, 0.3) is 0 Å². The van der Waals surface area contributed by atoms with Crippen LogP contribution in [0.2, 0.25) is 0 Å². The quantitative estimate of drug-likeness (QED) is 0.640. The number of hydrogen-bond acceptors (Lipinski definition) is 5. The van der Waals surface area contributed by atoms with E-state index in [2.05, 4.69) is 15.4 Å². The second kappa shape index (κ2) is 8.79. The minimum atomic E-state index is -0.221. The first-order valence-corrected chi connectivity index (χ1v) is 10.3. The molecule has 3 aromatic rings. The van der Waals surface area contributed by atoms with E-state index in [-0.39, 0.29) is 11.8 Å². The number of thiazole rings is 1. The number of aromatic nitrogens is 1. The zero-order valence-corrected chi connectivity index (χ0v) is 16.6. The van der Waals surface area contributed by atoms with Gasteiger partial charge in [0.1, 0.15) is 5.01 Å². The molecule has 0 fully saturated rings. The predicted octanol–water partition coefficient (Wildman–Crippen LogP) is 3.45. The monoisotopic (exact) mass is 404 g/mol. The van der Waals surface area contributed by atoms with Crippen molar-refractivity contribution < 1.29 is 9.59 Å². The smallest absolute Gasteiger partial charge is 0.244 e. The van der Waals surface area contributed by atoms with Crippen molar-refractivity contribution in [2.75, 3.05) is 13.1 Å².